The zero-order chi connectivity index (χ0) is 30.6. The lowest BCUT2D eigenvalue weighted by atomic mass is 10.1. The van der Waals surface area contributed by atoms with Gasteiger partial charge in [-0.3, -0.25) is 14.7 Å². The molecule has 0 radical (unpaired) electrons. The van der Waals surface area contributed by atoms with Crippen molar-refractivity contribution in [3.05, 3.63) is 107 Å². The number of carbonyl (C=O) groups excluding carboxylic acids is 1. The molecular weight excluding hydrogens is 590 g/mol. The van der Waals surface area contributed by atoms with E-state index in [2.05, 4.69) is 29.7 Å². The number of nitrogens with zero attached hydrogens (tertiary/aromatic N) is 6. The van der Waals surface area contributed by atoms with E-state index in [0.717, 1.165) is 80.3 Å². The van der Waals surface area contributed by atoms with E-state index in [1.165, 1.54) is 0 Å². The first-order valence-corrected chi connectivity index (χ1v) is 15.7. The minimum atomic E-state index is -0.199. The number of benzene rings is 2. The third kappa shape index (κ3) is 7.14. The zero-order valence-corrected chi connectivity index (χ0v) is 25.6. The molecule has 0 aliphatic carbocycles. The Balaban J connectivity index is 0.995. The number of fused-ring (bicyclic) bond motifs is 1. The summed E-state index contributed by atoms with van der Waals surface area (Å²) in [5, 5.41) is 3.69. The summed E-state index contributed by atoms with van der Waals surface area (Å²) in [5.74, 6) is 2.13. The molecule has 2 aromatic carbocycles. The average Bonchev–Trinajstić information content (AvgIpc) is 3.37. The van der Waals surface area contributed by atoms with Gasteiger partial charge in [0.1, 0.15) is 17.8 Å². The summed E-state index contributed by atoms with van der Waals surface area (Å²) in [6.07, 6.45) is 8.71. The topological polar surface area (TPSA) is 107 Å². The van der Waals surface area contributed by atoms with Gasteiger partial charge in [-0.2, -0.15) is 4.98 Å². The number of hydrogen-bond donors (Lipinski definition) is 1. The van der Waals surface area contributed by atoms with Crippen molar-refractivity contribution in [2.24, 2.45) is 0 Å². The van der Waals surface area contributed by atoms with Gasteiger partial charge in [-0.25, -0.2) is 9.97 Å². The second-order valence-corrected chi connectivity index (χ2v) is 12.0. The number of pyridine rings is 1. The molecule has 1 amide bonds. The molecule has 5 aromatic rings. The Labute approximate surface area is 266 Å². The van der Waals surface area contributed by atoms with Gasteiger partial charge in [0.15, 0.2) is 0 Å². The van der Waals surface area contributed by atoms with Gasteiger partial charge in [0, 0.05) is 61.5 Å². The molecule has 10 nitrogen and oxygen atoms in total. The first-order chi connectivity index (χ1) is 22.1. The van der Waals surface area contributed by atoms with Crippen molar-refractivity contribution >= 4 is 34.2 Å². The number of piperidine rings is 1. The molecule has 7 rings (SSSR count). The van der Waals surface area contributed by atoms with Crippen LogP contribution in [-0.4, -0.2) is 67.2 Å². The number of carbonyl (C=O) groups is 1. The fourth-order valence-corrected chi connectivity index (χ4v) is 5.91. The molecule has 2 aliphatic rings. The molecule has 45 heavy (non-hydrogen) atoms. The Kier molecular flexibility index (Phi) is 8.68. The molecule has 2 aliphatic heterocycles. The molecule has 0 spiro atoms. The number of ether oxygens (including phenoxy) is 2. The average molecular weight is 624 g/mol. The SMILES string of the molecule is O=C(Nc1ccc2c(c1)nc(CN1CCC(Oc3ccnc(Cc4ccc(Cl)cc4)n3)CC1)n2CC1CCO1)c1cccnc1. The highest BCUT2D eigenvalue weighted by molar-refractivity contribution is 6.30. The van der Waals surface area contributed by atoms with E-state index in [4.69, 9.17) is 26.1 Å². The van der Waals surface area contributed by atoms with Crippen LogP contribution < -0.4 is 10.1 Å². The highest BCUT2D eigenvalue weighted by Crippen LogP contribution is 2.26. The molecule has 2 saturated heterocycles. The van der Waals surface area contributed by atoms with E-state index >= 15 is 0 Å². The summed E-state index contributed by atoms with van der Waals surface area (Å²) < 4.78 is 14.4. The lowest BCUT2D eigenvalue weighted by Crippen LogP contribution is -2.39. The van der Waals surface area contributed by atoms with Crippen molar-refractivity contribution < 1.29 is 14.3 Å². The largest absolute Gasteiger partial charge is 0.474 e. The standard InChI is InChI=1S/C34H34ClN7O3/c35-25-5-3-23(4-6-25)18-31-37-14-9-33(40-31)45-27-10-15-41(16-11-27)22-32-39-29-19-26(38-34(43)24-2-1-13-36-20-24)7-8-30(29)42(32)21-28-12-17-44-28/h1-9,13-14,19-20,27-28H,10-12,15-18,21-22H2,(H,38,43). The van der Waals surface area contributed by atoms with Crippen LogP contribution in [0.15, 0.2) is 79.3 Å². The van der Waals surface area contributed by atoms with E-state index in [-0.39, 0.29) is 18.1 Å². The molecule has 5 heterocycles. The van der Waals surface area contributed by atoms with Gasteiger partial charge in [0.05, 0.1) is 35.8 Å². The summed E-state index contributed by atoms with van der Waals surface area (Å²) in [6.45, 7) is 4.08. The third-order valence-corrected chi connectivity index (χ3v) is 8.58. The number of rotatable bonds is 10. The van der Waals surface area contributed by atoms with Crippen molar-refractivity contribution in [1.29, 1.82) is 0 Å². The van der Waals surface area contributed by atoms with Gasteiger partial charge >= 0.3 is 0 Å². The van der Waals surface area contributed by atoms with E-state index in [9.17, 15) is 4.79 Å². The van der Waals surface area contributed by atoms with Gasteiger partial charge < -0.3 is 19.4 Å². The van der Waals surface area contributed by atoms with Crippen molar-refractivity contribution in [3.8, 4) is 5.88 Å². The second-order valence-electron chi connectivity index (χ2n) is 11.5. The molecule has 0 saturated carbocycles. The Morgan fingerprint density at radius 3 is 2.62 bits per heavy atom. The van der Waals surface area contributed by atoms with E-state index in [1.807, 2.05) is 48.5 Å². The second kappa shape index (κ2) is 13.3. The van der Waals surface area contributed by atoms with Gasteiger partial charge in [0.2, 0.25) is 5.88 Å². The monoisotopic (exact) mass is 623 g/mol. The number of halogens is 1. The minimum Gasteiger partial charge on any atom is -0.474 e. The summed E-state index contributed by atoms with van der Waals surface area (Å²) in [4.78, 5) is 33.3. The van der Waals surface area contributed by atoms with Crippen LogP contribution in [0.4, 0.5) is 5.69 Å². The molecule has 1 atom stereocenters. The molecule has 230 valence electrons. The fourth-order valence-electron chi connectivity index (χ4n) is 5.79. The third-order valence-electron chi connectivity index (χ3n) is 8.33. The number of anilines is 1. The Bertz CT molecular complexity index is 1770. The lowest BCUT2D eigenvalue weighted by molar-refractivity contribution is -0.0592. The fraction of sp³-hybridized carbons (Fsp3) is 0.324. The minimum absolute atomic E-state index is 0.0905. The van der Waals surface area contributed by atoms with Crippen LogP contribution in [0.1, 0.15) is 46.8 Å². The first kappa shape index (κ1) is 29.3. The van der Waals surface area contributed by atoms with Crippen molar-refractivity contribution in [1.82, 2.24) is 29.4 Å². The van der Waals surface area contributed by atoms with Crippen LogP contribution in [0.2, 0.25) is 5.02 Å². The molecule has 3 aromatic heterocycles. The smallest absolute Gasteiger partial charge is 0.257 e. The lowest BCUT2D eigenvalue weighted by Gasteiger charge is -2.32. The van der Waals surface area contributed by atoms with Gasteiger partial charge in [0.25, 0.3) is 5.91 Å². The molecule has 2 fully saturated rings. The zero-order valence-electron chi connectivity index (χ0n) is 24.8. The van der Waals surface area contributed by atoms with Gasteiger partial charge in [-0.1, -0.05) is 23.7 Å². The van der Waals surface area contributed by atoms with Gasteiger partial charge in [-0.05, 0) is 67.3 Å². The van der Waals surface area contributed by atoms with Crippen molar-refractivity contribution in [2.45, 2.75) is 51.0 Å². The van der Waals surface area contributed by atoms with Gasteiger partial charge in [-0.15, -0.1) is 0 Å². The quantitative estimate of drug-likeness (QED) is 0.216. The first-order valence-electron chi connectivity index (χ1n) is 15.3. The van der Waals surface area contributed by atoms with Crippen LogP contribution in [-0.2, 0) is 24.2 Å². The molecular formula is C34H34ClN7O3. The van der Waals surface area contributed by atoms with Crippen LogP contribution in [0.5, 0.6) is 5.88 Å². The highest BCUT2D eigenvalue weighted by atomic mass is 35.5. The number of amides is 1. The predicted molar refractivity (Wildman–Crippen MR) is 171 cm³/mol. The van der Waals surface area contributed by atoms with E-state index < -0.39 is 0 Å². The highest BCUT2D eigenvalue weighted by Gasteiger charge is 2.26. The number of imidazole rings is 1. The molecule has 1 N–H and O–H groups in total. The van der Waals surface area contributed by atoms with Crippen LogP contribution in [0.25, 0.3) is 11.0 Å². The van der Waals surface area contributed by atoms with Crippen LogP contribution in [0, 0.1) is 0 Å². The molecule has 0 bridgehead atoms. The number of likely N-dealkylation sites (tertiary alicyclic amines) is 1. The normalized spacial score (nSPS) is 17.2. The van der Waals surface area contributed by atoms with E-state index in [0.29, 0.717) is 28.6 Å². The predicted octanol–water partition coefficient (Wildman–Crippen LogP) is 5.55. The Morgan fingerprint density at radius 1 is 1.02 bits per heavy atom. The van der Waals surface area contributed by atoms with Crippen LogP contribution in [0.3, 0.4) is 0 Å². The summed E-state index contributed by atoms with van der Waals surface area (Å²) in [6, 6.07) is 19.0. The van der Waals surface area contributed by atoms with E-state index in [1.54, 1.807) is 30.7 Å². The summed E-state index contributed by atoms with van der Waals surface area (Å²) in [5.41, 5.74) is 4.20. The maximum absolute atomic E-state index is 12.7. The maximum Gasteiger partial charge on any atom is 0.257 e. The maximum atomic E-state index is 12.7. The number of hydrogen-bond acceptors (Lipinski definition) is 8. The molecule has 11 heteroatoms. The number of nitrogens with one attached hydrogen (secondary N) is 1. The van der Waals surface area contributed by atoms with Crippen molar-refractivity contribution in [3.63, 3.8) is 0 Å². The molecule has 1 unspecified atom stereocenters. The van der Waals surface area contributed by atoms with Crippen LogP contribution >= 0.6 is 11.6 Å². The summed E-state index contributed by atoms with van der Waals surface area (Å²) in [7, 11) is 0. The van der Waals surface area contributed by atoms with Crippen molar-refractivity contribution in [2.75, 3.05) is 25.0 Å². The summed E-state index contributed by atoms with van der Waals surface area (Å²) >= 11 is 6.02. The Hall–Kier alpha value is -4.38. The number of aromatic nitrogens is 5. The Morgan fingerprint density at radius 2 is 1.87 bits per heavy atom.